The number of anilines is 1. The number of nitrogens with zero attached hydrogens (tertiary/aromatic N) is 3. The zero-order valence-electron chi connectivity index (χ0n) is 27.3. The molecule has 2 aromatic rings. The Morgan fingerprint density at radius 3 is 2.08 bits per heavy atom. The van der Waals surface area contributed by atoms with Crippen molar-refractivity contribution in [2.75, 3.05) is 44.4 Å². The number of piperazine rings is 1. The molecule has 0 radical (unpaired) electrons. The molecule has 0 aliphatic carbocycles. The van der Waals surface area contributed by atoms with E-state index < -0.39 is 48.7 Å². The standard InChI is InChI=1S/C33H41F6N3O6/c1-23-12-13-25(21-40-15-17-41(18-16-40)30(45)48-28(32(34,35)36)33(37,38)39)26(19-23)42(20-24-9-6-5-7-10-24)14-8-11-27(43)46-22-47-29(44)31(2,3)4/h5-7,9-10,12-13,19,28H,8,11,14-18,20-22H2,1-4H3. The minimum absolute atomic E-state index is 0.0705. The van der Waals surface area contributed by atoms with Crippen molar-refractivity contribution in [3.63, 3.8) is 0 Å². The van der Waals surface area contributed by atoms with E-state index in [0.29, 0.717) is 26.1 Å². The zero-order valence-corrected chi connectivity index (χ0v) is 27.3. The van der Waals surface area contributed by atoms with Gasteiger partial charge in [-0.2, -0.15) is 26.3 Å². The lowest BCUT2D eigenvalue weighted by atomic mass is 9.98. The summed E-state index contributed by atoms with van der Waals surface area (Å²) in [6.07, 6.45) is -17.0. The number of hydrogen-bond acceptors (Lipinski definition) is 8. The van der Waals surface area contributed by atoms with Crippen LogP contribution in [0.5, 0.6) is 0 Å². The van der Waals surface area contributed by atoms with Crippen molar-refractivity contribution >= 4 is 23.7 Å². The molecule has 15 heteroatoms. The summed E-state index contributed by atoms with van der Waals surface area (Å²) < 4.78 is 91.2. The van der Waals surface area contributed by atoms with Crippen LogP contribution in [-0.4, -0.2) is 85.8 Å². The van der Waals surface area contributed by atoms with Crippen molar-refractivity contribution in [3.05, 3.63) is 65.2 Å². The van der Waals surface area contributed by atoms with Gasteiger partial charge in [0.15, 0.2) is 0 Å². The smallest absolute Gasteiger partial charge is 0.428 e. The second-order valence-corrected chi connectivity index (χ2v) is 12.6. The van der Waals surface area contributed by atoms with Gasteiger partial charge in [0.1, 0.15) is 0 Å². The number of ether oxygens (including phenoxy) is 3. The highest BCUT2D eigenvalue weighted by molar-refractivity contribution is 5.75. The number of carbonyl (C=O) groups excluding carboxylic acids is 3. The third-order valence-corrected chi connectivity index (χ3v) is 7.47. The van der Waals surface area contributed by atoms with Crippen LogP contribution >= 0.6 is 0 Å². The van der Waals surface area contributed by atoms with E-state index in [-0.39, 0.29) is 32.6 Å². The molecule has 0 N–H and O–H groups in total. The summed E-state index contributed by atoms with van der Waals surface area (Å²) in [6, 6.07) is 15.5. The molecule has 0 unspecified atom stereocenters. The van der Waals surface area contributed by atoms with E-state index in [1.807, 2.05) is 60.4 Å². The topological polar surface area (TPSA) is 88.6 Å². The molecule has 1 aliphatic heterocycles. The van der Waals surface area contributed by atoms with Crippen LogP contribution in [0.15, 0.2) is 48.5 Å². The molecule has 0 bridgehead atoms. The molecule has 1 amide bonds. The maximum absolute atomic E-state index is 12.9. The van der Waals surface area contributed by atoms with Gasteiger partial charge in [0.2, 0.25) is 6.79 Å². The van der Waals surface area contributed by atoms with E-state index in [9.17, 15) is 40.7 Å². The second kappa shape index (κ2) is 16.4. The Hall–Kier alpha value is -4.01. The van der Waals surface area contributed by atoms with Gasteiger partial charge in [0, 0.05) is 57.9 Å². The third-order valence-electron chi connectivity index (χ3n) is 7.47. The number of aryl methyl sites for hydroxylation is 1. The fourth-order valence-electron chi connectivity index (χ4n) is 4.87. The molecule has 9 nitrogen and oxygen atoms in total. The van der Waals surface area contributed by atoms with Gasteiger partial charge in [0.25, 0.3) is 6.10 Å². The van der Waals surface area contributed by atoms with Crippen LogP contribution in [0.3, 0.4) is 0 Å². The van der Waals surface area contributed by atoms with Crippen molar-refractivity contribution in [1.82, 2.24) is 9.80 Å². The summed E-state index contributed by atoms with van der Waals surface area (Å²) in [5.41, 5.74) is 3.05. The molecular formula is C33H41F6N3O6. The number of rotatable bonds is 12. The summed E-state index contributed by atoms with van der Waals surface area (Å²) >= 11 is 0. The minimum Gasteiger partial charge on any atom is -0.428 e. The molecule has 0 spiro atoms. The molecule has 1 heterocycles. The molecule has 0 aromatic heterocycles. The number of esters is 2. The zero-order chi connectivity index (χ0) is 35.7. The summed E-state index contributed by atoms with van der Waals surface area (Å²) in [4.78, 5) is 41.4. The lowest BCUT2D eigenvalue weighted by Crippen LogP contribution is -2.52. The van der Waals surface area contributed by atoms with Crippen molar-refractivity contribution in [2.45, 2.75) is 72.1 Å². The Balaban J connectivity index is 1.66. The Labute approximate surface area is 275 Å². The molecule has 3 rings (SSSR count). The van der Waals surface area contributed by atoms with E-state index >= 15 is 0 Å². The lowest BCUT2D eigenvalue weighted by Gasteiger charge is -2.36. The van der Waals surface area contributed by atoms with E-state index in [1.165, 1.54) is 0 Å². The predicted octanol–water partition coefficient (Wildman–Crippen LogP) is 6.62. The molecule has 0 saturated carbocycles. The van der Waals surface area contributed by atoms with Crippen molar-refractivity contribution in [2.24, 2.45) is 5.41 Å². The van der Waals surface area contributed by atoms with Crippen molar-refractivity contribution in [1.29, 1.82) is 0 Å². The summed E-state index contributed by atoms with van der Waals surface area (Å²) in [5.74, 6) is -1.01. The van der Waals surface area contributed by atoms with Crippen LogP contribution < -0.4 is 4.90 Å². The van der Waals surface area contributed by atoms with E-state index in [2.05, 4.69) is 9.64 Å². The first-order valence-electron chi connectivity index (χ1n) is 15.4. The lowest BCUT2D eigenvalue weighted by molar-refractivity contribution is -0.308. The third kappa shape index (κ3) is 11.9. The average molecular weight is 690 g/mol. The predicted molar refractivity (Wildman–Crippen MR) is 164 cm³/mol. The molecule has 48 heavy (non-hydrogen) atoms. The largest absolute Gasteiger partial charge is 0.434 e. The highest BCUT2D eigenvalue weighted by atomic mass is 19.4. The number of halogens is 6. The molecule has 1 fully saturated rings. The molecule has 2 aromatic carbocycles. The van der Waals surface area contributed by atoms with E-state index in [1.54, 1.807) is 20.8 Å². The van der Waals surface area contributed by atoms with Crippen LogP contribution in [0, 0.1) is 12.3 Å². The second-order valence-electron chi connectivity index (χ2n) is 12.6. The Kier molecular flexibility index (Phi) is 13.1. The average Bonchev–Trinajstić information content (AvgIpc) is 2.99. The molecule has 1 aliphatic rings. The number of alkyl halides is 6. The number of benzene rings is 2. The summed E-state index contributed by atoms with van der Waals surface area (Å²) in [6.45, 7) is 8.02. The monoisotopic (exact) mass is 689 g/mol. The van der Waals surface area contributed by atoms with Gasteiger partial charge in [-0.15, -0.1) is 0 Å². The van der Waals surface area contributed by atoms with E-state index in [0.717, 1.165) is 27.3 Å². The van der Waals surface area contributed by atoms with E-state index in [4.69, 9.17) is 9.47 Å². The maximum atomic E-state index is 12.9. The SMILES string of the molecule is Cc1ccc(CN2CCN(C(=O)OC(C(F)(F)F)C(F)(F)F)CC2)c(N(CCCC(=O)OCOC(=O)C(C)(C)C)Cc2ccccc2)c1. The van der Waals surface area contributed by atoms with Crippen LogP contribution in [0.4, 0.5) is 36.8 Å². The van der Waals surface area contributed by atoms with Crippen LogP contribution in [0.1, 0.15) is 50.3 Å². The highest BCUT2D eigenvalue weighted by Crippen LogP contribution is 2.36. The minimum atomic E-state index is -5.79. The quantitative estimate of drug-likeness (QED) is 0.140. The molecule has 266 valence electrons. The highest BCUT2D eigenvalue weighted by Gasteiger charge is 2.60. The Morgan fingerprint density at radius 2 is 1.50 bits per heavy atom. The van der Waals surface area contributed by atoms with Crippen LogP contribution in [0.2, 0.25) is 0 Å². The molecule has 1 saturated heterocycles. The van der Waals surface area contributed by atoms with Crippen molar-refractivity contribution in [3.8, 4) is 0 Å². The van der Waals surface area contributed by atoms with Crippen LogP contribution in [-0.2, 0) is 36.9 Å². The molecular weight excluding hydrogens is 648 g/mol. The summed E-state index contributed by atoms with van der Waals surface area (Å²) in [7, 11) is 0. The fourth-order valence-corrected chi connectivity index (χ4v) is 4.87. The van der Waals surface area contributed by atoms with Crippen molar-refractivity contribution < 1.29 is 54.9 Å². The summed E-state index contributed by atoms with van der Waals surface area (Å²) in [5, 5.41) is 0. The van der Waals surface area contributed by atoms with Gasteiger partial charge in [0.05, 0.1) is 5.41 Å². The van der Waals surface area contributed by atoms with Gasteiger partial charge < -0.3 is 24.0 Å². The number of hydrogen-bond donors (Lipinski definition) is 0. The maximum Gasteiger partial charge on any atom is 0.434 e. The first-order chi connectivity index (χ1) is 22.3. The Bertz CT molecular complexity index is 1360. The fraction of sp³-hybridized carbons (Fsp3) is 0.545. The van der Waals surface area contributed by atoms with Gasteiger partial charge in [-0.05, 0) is 56.9 Å². The number of amides is 1. The Morgan fingerprint density at radius 1 is 0.875 bits per heavy atom. The number of carbonyl (C=O) groups is 3. The van der Waals surface area contributed by atoms with Gasteiger partial charge in [-0.3, -0.25) is 14.5 Å². The van der Waals surface area contributed by atoms with Gasteiger partial charge >= 0.3 is 30.4 Å². The van der Waals surface area contributed by atoms with Gasteiger partial charge in [-0.1, -0.05) is 42.5 Å². The first kappa shape index (κ1) is 38.4. The van der Waals surface area contributed by atoms with Gasteiger partial charge in [-0.25, -0.2) is 4.79 Å². The molecule has 0 atom stereocenters. The van der Waals surface area contributed by atoms with Crippen LogP contribution in [0.25, 0.3) is 0 Å². The first-order valence-corrected chi connectivity index (χ1v) is 15.4. The normalized spacial score (nSPS) is 14.5.